The summed E-state index contributed by atoms with van der Waals surface area (Å²) in [5.41, 5.74) is 1.11. The number of amides is 4. The topological polar surface area (TPSA) is 105 Å². The van der Waals surface area contributed by atoms with Crippen LogP contribution in [0.15, 0.2) is 0 Å². The zero-order valence-corrected chi connectivity index (χ0v) is 12.1. The number of carbonyl (C=O) groups is 3. The minimum Gasteiger partial charge on any atom is -0.323 e. The van der Waals surface area contributed by atoms with Crippen LogP contribution in [-0.2, 0) is 9.59 Å². The molecule has 2 aliphatic rings. The average Bonchev–Trinajstić information content (AvgIpc) is 2.67. The normalized spacial score (nSPS) is 35.1. The summed E-state index contributed by atoms with van der Waals surface area (Å²) < 4.78 is 0. The van der Waals surface area contributed by atoms with E-state index in [2.05, 4.69) is 5.32 Å². The number of rotatable bonds is 2. The number of hydrogen-bond acceptors (Lipinski definition) is 4. The van der Waals surface area contributed by atoms with Crippen molar-refractivity contribution in [2.24, 2.45) is 17.7 Å². The first-order valence-electron chi connectivity index (χ1n) is 7.02. The first-order chi connectivity index (χ1) is 9.36. The molecule has 1 saturated heterocycles. The van der Waals surface area contributed by atoms with Gasteiger partial charge in [0.1, 0.15) is 11.6 Å². The monoisotopic (exact) mass is 282 g/mol. The van der Waals surface area contributed by atoms with Crippen molar-refractivity contribution in [3.8, 4) is 0 Å². The molecule has 0 aromatic heterocycles. The van der Waals surface area contributed by atoms with Crippen molar-refractivity contribution in [3.05, 3.63) is 0 Å². The summed E-state index contributed by atoms with van der Waals surface area (Å²) in [6.45, 7) is 5.45. The van der Waals surface area contributed by atoms with Crippen molar-refractivity contribution in [2.75, 3.05) is 0 Å². The molecule has 1 heterocycles. The Balaban J connectivity index is 2.34. The Morgan fingerprint density at radius 3 is 2.45 bits per heavy atom. The Bertz CT molecular complexity index is 441. The highest BCUT2D eigenvalue weighted by Gasteiger charge is 2.59. The SMILES string of the molecule is CC(C(=O)NN)N1C(=O)NC2(C1=O)C(C)CCCC2C. The van der Waals surface area contributed by atoms with Crippen molar-refractivity contribution >= 4 is 17.8 Å². The van der Waals surface area contributed by atoms with Gasteiger partial charge in [-0.15, -0.1) is 0 Å². The van der Waals surface area contributed by atoms with Crippen LogP contribution in [0, 0.1) is 11.8 Å². The summed E-state index contributed by atoms with van der Waals surface area (Å²) in [4.78, 5) is 37.6. The van der Waals surface area contributed by atoms with Gasteiger partial charge in [-0.3, -0.25) is 15.0 Å². The number of hydrazine groups is 1. The zero-order valence-electron chi connectivity index (χ0n) is 12.1. The minimum atomic E-state index is -0.909. The Morgan fingerprint density at radius 1 is 1.40 bits per heavy atom. The third kappa shape index (κ3) is 1.88. The van der Waals surface area contributed by atoms with Gasteiger partial charge in [0.15, 0.2) is 0 Å². The summed E-state index contributed by atoms with van der Waals surface area (Å²) in [5.74, 6) is 4.34. The second kappa shape index (κ2) is 5.05. The van der Waals surface area contributed by atoms with Crippen molar-refractivity contribution in [2.45, 2.75) is 51.6 Å². The minimum absolute atomic E-state index is 0.0563. The summed E-state index contributed by atoms with van der Waals surface area (Å²) in [5, 5.41) is 2.85. The van der Waals surface area contributed by atoms with Crippen molar-refractivity contribution < 1.29 is 14.4 Å². The van der Waals surface area contributed by atoms with E-state index in [1.165, 1.54) is 6.92 Å². The van der Waals surface area contributed by atoms with E-state index >= 15 is 0 Å². The van der Waals surface area contributed by atoms with Gasteiger partial charge in [0, 0.05) is 0 Å². The van der Waals surface area contributed by atoms with E-state index in [0.717, 1.165) is 24.2 Å². The maximum absolute atomic E-state index is 12.8. The van der Waals surface area contributed by atoms with Gasteiger partial charge in [0.2, 0.25) is 0 Å². The highest BCUT2D eigenvalue weighted by atomic mass is 16.2. The quantitative estimate of drug-likeness (QED) is 0.289. The maximum Gasteiger partial charge on any atom is 0.325 e. The van der Waals surface area contributed by atoms with E-state index < -0.39 is 23.5 Å². The largest absolute Gasteiger partial charge is 0.325 e. The molecule has 7 nitrogen and oxygen atoms in total. The van der Waals surface area contributed by atoms with Gasteiger partial charge in [-0.05, 0) is 31.6 Å². The third-order valence-corrected chi connectivity index (χ3v) is 4.84. The van der Waals surface area contributed by atoms with Crippen molar-refractivity contribution in [1.82, 2.24) is 15.6 Å². The highest BCUT2D eigenvalue weighted by molar-refractivity contribution is 6.10. The molecule has 7 heteroatoms. The van der Waals surface area contributed by atoms with E-state index in [1.807, 2.05) is 19.3 Å². The lowest BCUT2D eigenvalue weighted by Crippen LogP contribution is -2.59. The van der Waals surface area contributed by atoms with Crippen LogP contribution in [0.3, 0.4) is 0 Å². The average molecular weight is 282 g/mol. The number of nitrogens with zero attached hydrogens (tertiary/aromatic N) is 1. The molecule has 3 atom stereocenters. The summed E-state index contributed by atoms with van der Waals surface area (Å²) in [7, 11) is 0. The maximum atomic E-state index is 12.8. The molecule has 3 unspecified atom stereocenters. The first kappa shape index (κ1) is 14.8. The second-order valence-corrected chi connectivity index (χ2v) is 5.89. The van der Waals surface area contributed by atoms with Crippen LogP contribution >= 0.6 is 0 Å². The van der Waals surface area contributed by atoms with Crippen LogP contribution in [0.1, 0.15) is 40.0 Å². The van der Waals surface area contributed by atoms with E-state index in [1.54, 1.807) is 0 Å². The fourth-order valence-electron chi connectivity index (χ4n) is 3.51. The standard InChI is InChI=1S/C13H22N4O3/c1-7-5-4-6-8(2)13(7)11(19)17(12(20)15-13)9(3)10(18)16-14/h7-9H,4-6,14H2,1-3H3,(H,15,20)(H,16,18). The van der Waals surface area contributed by atoms with Crippen LogP contribution in [0.2, 0.25) is 0 Å². The first-order valence-corrected chi connectivity index (χ1v) is 7.02. The molecule has 112 valence electrons. The molecule has 0 radical (unpaired) electrons. The number of nitrogens with two attached hydrogens (primary N) is 1. The van der Waals surface area contributed by atoms with Gasteiger partial charge < -0.3 is 5.32 Å². The number of urea groups is 1. The molecular weight excluding hydrogens is 260 g/mol. The molecule has 1 aliphatic carbocycles. The summed E-state index contributed by atoms with van der Waals surface area (Å²) in [6.07, 6.45) is 2.83. The molecular formula is C13H22N4O3. The summed E-state index contributed by atoms with van der Waals surface area (Å²) in [6, 6.07) is -1.42. The third-order valence-electron chi connectivity index (χ3n) is 4.84. The molecule has 1 aliphatic heterocycles. The molecule has 0 bridgehead atoms. The van der Waals surface area contributed by atoms with Crippen molar-refractivity contribution in [1.29, 1.82) is 0 Å². The van der Waals surface area contributed by atoms with Gasteiger partial charge >= 0.3 is 6.03 Å². The smallest absolute Gasteiger partial charge is 0.323 e. The number of imide groups is 1. The molecule has 20 heavy (non-hydrogen) atoms. The Labute approximate surface area is 118 Å². The molecule has 1 spiro atoms. The van der Waals surface area contributed by atoms with E-state index in [0.29, 0.717) is 0 Å². The van der Waals surface area contributed by atoms with Gasteiger partial charge in [-0.25, -0.2) is 15.5 Å². The Morgan fingerprint density at radius 2 is 1.95 bits per heavy atom. The predicted octanol–water partition coefficient (Wildman–Crippen LogP) is 0.111. The molecule has 1 saturated carbocycles. The molecule has 2 rings (SSSR count). The highest BCUT2D eigenvalue weighted by Crippen LogP contribution is 2.42. The number of nitrogens with one attached hydrogen (secondary N) is 2. The fourth-order valence-corrected chi connectivity index (χ4v) is 3.51. The lowest BCUT2D eigenvalue weighted by molar-refractivity contribution is -0.141. The lowest BCUT2D eigenvalue weighted by atomic mass is 9.67. The summed E-state index contributed by atoms with van der Waals surface area (Å²) >= 11 is 0. The van der Waals surface area contributed by atoms with Crippen LogP contribution in [0.5, 0.6) is 0 Å². The van der Waals surface area contributed by atoms with Gasteiger partial charge in [0.25, 0.3) is 11.8 Å². The second-order valence-electron chi connectivity index (χ2n) is 5.89. The molecule has 4 amide bonds. The van der Waals surface area contributed by atoms with Crippen LogP contribution in [0.4, 0.5) is 4.79 Å². The van der Waals surface area contributed by atoms with Crippen LogP contribution in [0.25, 0.3) is 0 Å². The van der Waals surface area contributed by atoms with E-state index in [4.69, 9.17) is 5.84 Å². The zero-order chi connectivity index (χ0) is 15.1. The molecule has 2 fully saturated rings. The lowest BCUT2D eigenvalue weighted by Gasteiger charge is -2.42. The van der Waals surface area contributed by atoms with Gasteiger partial charge in [-0.2, -0.15) is 0 Å². The molecule has 4 N–H and O–H groups in total. The van der Waals surface area contributed by atoms with Crippen LogP contribution < -0.4 is 16.6 Å². The van der Waals surface area contributed by atoms with Crippen LogP contribution in [-0.4, -0.2) is 34.3 Å². The predicted molar refractivity (Wildman–Crippen MR) is 72.1 cm³/mol. The van der Waals surface area contributed by atoms with E-state index in [-0.39, 0.29) is 17.7 Å². The Kier molecular flexibility index (Phi) is 3.73. The number of carbonyl (C=O) groups excluding carboxylic acids is 3. The van der Waals surface area contributed by atoms with E-state index in [9.17, 15) is 14.4 Å². The van der Waals surface area contributed by atoms with Gasteiger partial charge in [-0.1, -0.05) is 20.3 Å². The fraction of sp³-hybridized carbons (Fsp3) is 0.769. The molecule has 0 aromatic rings. The Hall–Kier alpha value is -1.63. The van der Waals surface area contributed by atoms with Gasteiger partial charge in [0.05, 0.1) is 0 Å². The van der Waals surface area contributed by atoms with Crippen molar-refractivity contribution in [3.63, 3.8) is 0 Å². The number of hydrogen-bond donors (Lipinski definition) is 3. The molecule has 0 aromatic carbocycles.